The Kier molecular flexibility index (Phi) is 3.81. The number of β-amino-alcohol motifs (C(OH)–C–C–N with tert-alkyl or cyclic N) is 1. The van der Waals surface area contributed by atoms with Crippen LogP contribution < -0.4 is 0 Å². The lowest BCUT2D eigenvalue weighted by Gasteiger charge is -2.34. The molecule has 1 aromatic rings. The van der Waals surface area contributed by atoms with E-state index < -0.39 is 0 Å². The van der Waals surface area contributed by atoms with Gasteiger partial charge in [-0.3, -0.25) is 9.69 Å². The van der Waals surface area contributed by atoms with Gasteiger partial charge in [0.15, 0.2) is 0 Å². The number of hydrogen-bond acceptors (Lipinski definition) is 4. The molecule has 1 saturated heterocycles. The molecular weight excluding hydrogens is 220 g/mol. The van der Waals surface area contributed by atoms with Crippen LogP contribution in [0, 0.1) is 6.92 Å². The van der Waals surface area contributed by atoms with E-state index in [2.05, 4.69) is 4.90 Å². The summed E-state index contributed by atoms with van der Waals surface area (Å²) in [4.78, 5) is 16.1. The molecule has 0 radical (unpaired) electrons. The van der Waals surface area contributed by atoms with E-state index in [-0.39, 0.29) is 12.5 Å². The van der Waals surface area contributed by atoms with E-state index >= 15 is 0 Å². The molecule has 17 heavy (non-hydrogen) atoms. The fourth-order valence-corrected chi connectivity index (χ4v) is 2.09. The van der Waals surface area contributed by atoms with Gasteiger partial charge in [-0.1, -0.05) is 0 Å². The van der Waals surface area contributed by atoms with Gasteiger partial charge in [-0.15, -0.1) is 0 Å². The Balaban J connectivity index is 1.93. The third kappa shape index (κ3) is 2.68. The average Bonchev–Trinajstić information content (AvgIpc) is 2.76. The first kappa shape index (κ1) is 12.1. The van der Waals surface area contributed by atoms with Crippen LogP contribution in [0.3, 0.4) is 0 Å². The number of rotatable bonds is 3. The molecule has 2 rings (SSSR count). The highest BCUT2D eigenvalue weighted by Gasteiger charge is 2.23. The smallest absolute Gasteiger partial charge is 0.257 e. The van der Waals surface area contributed by atoms with Gasteiger partial charge in [0.25, 0.3) is 5.91 Å². The van der Waals surface area contributed by atoms with Gasteiger partial charge < -0.3 is 14.4 Å². The quantitative estimate of drug-likeness (QED) is 0.825. The van der Waals surface area contributed by atoms with Crippen LogP contribution in [0.5, 0.6) is 0 Å². The summed E-state index contributed by atoms with van der Waals surface area (Å²) >= 11 is 0. The Morgan fingerprint density at radius 1 is 1.41 bits per heavy atom. The van der Waals surface area contributed by atoms with Gasteiger partial charge in [0.05, 0.1) is 18.4 Å². The number of carbonyl (C=O) groups is 1. The van der Waals surface area contributed by atoms with Crippen molar-refractivity contribution in [3.05, 3.63) is 23.7 Å². The zero-order valence-corrected chi connectivity index (χ0v) is 10.1. The van der Waals surface area contributed by atoms with Gasteiger partial charge >= 0.3 is 0 Å². The number of aliphatic hydroxyl groups excluding tert-OH is 1. The van der Waals surface area contributed by atoms with Crippen molar-refractivity contribution in [2.24, 2.45) is 0 Å². The lowest BCUT2D eigenvalue weighted by Crippen LogP contribution is -2.49. The molecule has 1 aromatic heterocycles. The lowest BCUT2D eigenvalue weighted by atomic mass is 10.2. The van der Waals surface area contributed by atoms with Crippen molar-refractivity contribution in [1.29, 1.82) is 0 Å². The van der Waals surface area contributed by atoms with Crippen LogP contribution >= 0.6 is 0 Å². The van der Waals surface area contributed by atoms with Crippen molar-refractivity contribution in [2.75, 3.05) is 39.3 Å². The average molecular weight is 238 g/mol. The Hall–Kier alpha value is -1.33. The minimum absolute atomic E-state index is 0.0416. The molecule has 0 aliphatic carbocycles. The monoisotopic (exact) mass is 238 g/mol. The Bertz CT molecular complexity index is 381. The number of furan rings is 1. The molecule has 0 spiro atoms. The molecule has 1 N–H and O–H groups in total. The second kappa shape index (κ2) is 5.33. The number of piperazine rings is 1. The first-order chi connectivity index (χ1) is 8.22. The summed E-state index contributed by atoms with van der Waals surface area (Å²) in [6.07, 6.45) is 1.55. The summed E-state index contributed by atoms with van der Waals surface area (Å²) in [5.41, 5.74) is 0.653. The molecule has 1 fully saturated rings. The van der Waals surface area contributed by atoms with Crippen LogP contribution in [0.25, 0.3) is 0 Å². The summed E-state index contributed by atoms with van der Waals surface area (Å²) < 4.78 is 5.15. The van der Waals surface area contributed by atoms with Crippen LogP contribution in [0.2, 0.25) is 0 Å². The van der Waals surface area contributed by atoms with Crippen LogP contribution in [-0.4, -0.2) is 60.1 Å². The molecule has 5 nitrogen and oxygen atoms in total. The molecule has 1 amide bonds. The summed E-state index contributed by atoms with van der Waals surface area (Å²) in [6.45, 7) is 5.73. The highest BCUT2D eigenvalue weighted by atomic mass is 16.3. The summed E-state index contributed by atoms with van der Waals surface area (Å²) in [5, 5.41) is 8.85. The van der Waals surface area contributed by atoms with Gasteiger partial charge in [-0.25, -0.2) is 0 Å². The number of nitrogens with zero attached hydrogens (tertiary/aromatic N) is 2. The molecular formula is C12H18N2O3. The number of hydrogen-bond donors (Lipinski definition) is 1. The van der Waals surface area contributed by atoms with E-state index in [4.69, 9.17) is 9.52 Å². The maximum atomic E-state index is 12.1. The third-order valence-corrected chi connectivity index (χ3v) is 3.16. The number of carbonyl (C=O) groups excluding carboxylic acids is 1. The largest absolute Gasteiger partial charge is 0.469 e. The molecule has 1 aliphatic rings. The Morgan fingerprint density at radius 2 is 2.12 bits per heavy atom. The topological polar surface area (TPSA) is 56.9 Å². The first-order valence-electron chi connectivity index (χ1n) is 5.89. The summed E-state index contributed by atoms with van der Waals surface area (Å²) in [7, 11) is 0. The SMILES string of the molecule is Cc1occc1C(=O)N1CCN(CCO)CC1. The van der Waals surface area contributed by atoms with Gasteiger partial charge in [0.1, 0.15) is 5.76 Å². The van der Waals surface area contributed by atoms with Crippen LogP contribution in [0.15, 0.2) is 16.7 Å². The van der Waals surface area contributed by atoms with E-state index in [1.807, 2.05) is 4.90 Å². The number of aryl methyl sites for hydroxylation is 1. The van der Waals surface area contributed by atoms with Crippen molar-refractivity contribution < 1.29 is 14.3 Å². The molecule has 0 unspecified atom stereocenters. The maximum Gasteiger partial charge on any atom is 0.257 e. The zero-order chi connectivity index (χ0) is 12.3. The lowest BCUT2D eigenvalue weighted by molar-refractivity contribution is 0.0613. The highest BCUT2D eigenvalue weighted by Crippen LogP contribution is 2.13. The predicted molar refractivity (Wildman–Crippen MR) is 62.9 cm³/mol. The van der Waals surface area contributed by atoms with Gasteiger partial charge in [-0.05, 0) is 13.0 Å². The first-order valence-corrected chi connectivity index (χ1v) is 5.89. The highest BCUT2D eigenvalue weighted by molar-refractivity contribution is 5.95. The zero-order valence-electron chi connectivity index (χ0n) is 10.1. The van der Waals surface area contributed by atoms with Gasteiger partial charge in [0.2, 0.25) is 0 Å². The Labute approximate surface area is 101 Å². The summed E-state index contributed by atoms with van der Waals surface area (Å²) in [5.74, 6) is 0.715. The number of amides is 1. The van der Waals surface area contributed by atoms with Gasteiger partial charge in [-0.2, -0.15) is 0 Å². The number of aliphatic hydroxyl groups is 1. The molecule has 1 aliphatic heterocycles. The van der Waals surface area contributed by atoms with E-state index in [1.54, 1.807) is 19.3 Å². The molecule has 94 valence electrons. The van der Waals surface area contributed by atoms with Crippen LogP contribution in [0.1, 0.15) is 16.1 Å². The van der Waals surface area contributed by atoms with E-state index in [0.717, 1.165) is 13.1 Å². The van der Waals surface area contributed by atoms with Crippen molar-refractivity contribution in [1.82, 2.24) is 9.80 Å². The molecule has 0 bridgehead atoms. The fraction of sp³-hybridized carbons (Fsp3) is 0.583. The summed E-state index contributed by atoms with van der Waals surface area (Å²) in [6, 6.07) is 1.72. The predicted octanol–water partition coefficient (Wildman–Crippen LogP) is 0.338. The molecule has 5 heteroatoms. The second-order valence-corrected chi connectivity index (χ2v) is 4.25. The van der Waals surface area contributed by atoms with Crippen LogP contribution in [0.4, 0.5) is 0 Å². The third-order valence-electron chi connectivity index (χ3n) is 3.16. The van der Waals surface area contributed by atoms with E-state index in [1.165, 1.54) is 0 Å². The standard InChI is InChI=1S/C12H18N2O3/c1-10-11(2-9-17-10)12(16)14-5-3-13(4-6-14)7-8-15/h2,9,15H,3-8H2,1H3. The maximum absolute atomic E-state index is 12.1. The molecule has 0 saturated carbocycles. The second-order valence-electron chi connectivity index (χ2n) is 4.25. The van der Waals surface area contributed by atoms with Crippen molar-refractivity contribution in [3.8, 4) is 0 Å². The normalized spacial score (nSPS) is 17.4. The van der Waals surface area contributed by atoms with Crippen molar-refractivity contribution >= 4 is 5.91 Å². The van der Waals surface area contributed by atoms with Gasteiger partial charge in [0, 0.05) is 32.7 Å². The molecule has 0 atom stereocenters. The minimum atomic E-state index is 0.0416. The van der Waals surface area contributed by atoms with Crippen LogP contribution in [-0.2, 0) is 0 Å². The van der Waals surface area contributed by atoms with E-state index in [0.29, 0.717) is 31.0 Å². The van der Waals surface area contributed by atoms with Crippen molar-refractivity contribution in [2.45, 2.75) is 6.92 Å². The molecule has 2 heterocycles. The van der Waals surface area contributed by atoms with E-state index in [9.17, 15) is 4.79 Å². The minimum Gasteiger partial charge on any atom is -0.469 e. The molecule has 0 aromatic carbocycles. The van der Waals surface area contributed by atoms with Crippen molar-refractivity contribution in [3.63, 3.8) is 0 Å². The Morgan fingerprint density at radius 3 is 2.65 bits per heavy atom. The fourth-order valence-electron chi connectivity index (χ4n) is 2.09.